The molecule has 0 spiro atoms. The number of halogens is 1. The van der Waals surface area contributed by atoms with E-state index < -0.39 is 0 Å². The molecule has 94 valence electrons. The number of fused-ring (bicyclic) bond motifs is 1. The Balaban J connectivity index is 2.45. The highest BCUT2D eigenvalue weighted by Gasteiger charge is 2.12. The zero-order valence-corrected chi connectivity index (χ0v) is 11.8. The number of anilines is 1. The number of nitrogens with zero attached hydrogens (tertiary/aromatic N) is 2. The van der Waals surface area contributed by atoms with Gasteiger partial charge in [-0.3, -0.25) is 4.79 Å². The second-order valence-corrected chi connectivity index (χ2v) is 4.76. The van der Waals surface area contributed by atoms with Gasteiger partial charge in [0.2, 0.25) is 0 Å². The highest BCUT2D eigenvalue weighted by Crippen LogP contribution is 2.29. The number of hydrogen-bond acceptors (Lipinski definition) is 4. The molecule has 0 atom stereocenters. The molecule has 0 radical (unpaired) electrons. The summed E-state index contributed by atoms with van der Waals surface area (Å²) in [6.07, 6.45) is 1.73. The number of esters is 1. The van der Waals surface area contributed by atoms with E-state index in [9.17, 15) is 4.79 Å². The topological polar surface area (TPSA) is 42.4 Å². The Morgan fingerprint density at radius 2 is 2.17 bits per heavy atom. The van der Waals surface area contributed by atoms with E-state index in [0.717, 1.165) is 21.1 Å². The summed E-state index contributed by atoms with van der Waals surface area (Å²) >= 11 is 3.51. The lowest BCUT2D eigenvalue weighted by molar-refractivity contribution is -0.138. The average Bonchev–Trinajstić information content (AvgIpc) is 2.38. The number of pyridine rings is 1. The third-order valence-corrected chi connectivity index (χ3v) is 3.38. The smallest absolute Gasteiger partial charge is 0.325 e. The van der Waals surface area contributed by atoms with Crippen molar-refractivity contribution in [3.05, 3.63) is 34.9 Å². The summed E-state index contributed by atoms with van der Waals surface area (Å²) in [6.45, 7) is 0.176. The van der Waals surface area contributed by atoms with Crippen LogP contribution in [0.15, 0.2) is 34.9 Å². The van der Waals surface area contributed by atoms with Crippen LogP contribution in [0.25, 0.3) is 10.8 Å². The quantitative estimate of drug-likeness (QED) is 0.817. The number of methoxy groups -OCH3 is 1. The summed E-state index contributed by atoms with van der Waals surface area (Å²) in [5.41, 5.74) is 0. The van der Waals surface area contributed by atoms with Crippen LogP contribution in [0.3, 0.4) is 0 Å². The Kier molecular flexibility index (Phi) is 3.81. The number of benzene rings is 1. The molecule has 0 saturated carbocycles. The van der Waals surface area contributed by atoms with Crippen LogP contribution in [0.5, 0.6) is 0 Å². The van der Waals surface area contributed by atoms with Crippen LogP contribution in [-0.4, -0.2) is 31.7 Å². The zero-order valence-electron chi connectivity index (χ0n) is 10.2. The van der Waals surface area contributed by atoms with Crippen LogP contribution >= 0.6 is 15.9 Å². The van der Waals surface area contributed by atoms with E-state index in [1.165, 1.54) is 7.11 Å². The predicted molar refractivity (Wildman–Crippen MR) is 74.7 cm³/mol. The fraction of sp³-hybridized carbons (Fsp3) is 0.231. The van der Waals surface area contributed by atoms with Gasteiger partial charge in [-0.05, 0) is 12.1 Å². The molecule has 18 heavy (non-hydrogen) atoms. The van der Waals surface area contributed by atoms with Crippen molar-refractivity contribution in [1.82, 2.24) is 4.98 Å². The van der Waals surface area contributed by atoms with Gasteiger partial charge in [0, 0.05) is 28.5 Å². The average molecular weight is 309 g/mol. The molecule has 0 bridgehead atoms. The van der Waals surface area contributed by atoms with E-state index in [2.05, 4.69) is 25.7 Å². The maximum absolute atomic E-state index is 11.3. The highest BCUT2D eigenvalue weighted by atomic mass is 79.9. The molecule has 2 rings (SSSR count). The fourth-order valence-electron chi connectivity index (χ4n) is 1.79. The number of ether oxygens (including phenoxy) is 1. The van der Waals surface area contributed by atoms with Crippen molar-refractivity contribution in [2.75, 3.05) is 25.6 Å². The lowest BCUT2D eigenvalue weighted by Gasteiger charge is -2.18. The number of carbonyl (C=O) groups is 1. The van der Waals surface area contributed by atoms with Crippen molar-refractivity contribution >= 4 is 38.5 Å². The molecule has 1 aromatic heterocycles. The van der Waals surface area contributed by atoms with Gasteiger partial charge in [-0.25, -0.2) is 4.98 Å². The molecule has 0 N–H and O–H groups in total. The molecule has 0 unspecified atom stereocenters. The van der Waals surface area contributed by atoms with E-state index in [1.54, 1.807) is 11.1 Å². The van der Waals surface area contributed by atoms with Gasteiger partial charge in [0.05, 0.1) is 7.11 Å². The predicted octanol–water partition coefficient (Wildman–Crippen LogP) is 2.61. The first-order chi connectivity index (χ1) is 8.63. The van der Waals surface area contributed by atoms with Crippen LogP contribution in [-0.2, 0) is 9.53 Å². The molecule has 1 heterocycles. The number of hydrogen-bond donors (Lipinski definition) is 0. The van der Waals surface area contributed by atoms with Gasteiger partial charge in [-0.1, -0.05) is 28.1 Å². The first-order valence-electron chi connectivity index (χ1n) is 5.44. The first kappa shape index (κ1) is 12.8. The molecule has 0 fully saturated rings. The normalized spacial score (nSPS) is 10.4. The van der Waals surface area contributed by atoms with Crippen molar-refractivity contribution in [3.63, 3.8) is 0 Å². The van der Waals surface area contributed by atoms with Crippen LogP contribution in [0.1, 0.15) is 0 Å². The van der Waals surface area contributed by atoms with Crippen molar-refractivity contribution < 1.29 is 9.53 Å². The maximum atomic E-state index is 11.3. The third-order valence-electron chi connectivity index (χ3n) is 2.69. The van der Waals surface area contributed by atoms with Crippen LogP contribution in [0.4, 0.5) is 5.82 Å². The number of likely N-dealkylation sites (N-methyl/N-ethyl adjacent to an activating group) is 1. The van der Waals surface area contributed by atoms with Crippen molar-refractivity contribution in [1.29, 1.82) is 0 Å². The summed E-state index contributed by atoms with van der Waals surface area (Å²) in [5.74, 6) is 0.477. The van der Waals surface area contributed by atoms with Crippen molar-refractivity contribution in [2.45, 2.75) is 0 Å². The van der Waals surface area contributed by atoms with Crippen molar-refractivity contribution in [3.8, 4) is 0 Å². The van der Waals surface area contributed by atoms with Gasteiger partial charge in [0.25, 0.3) is 0 Å². The van der Waals surface area contributed by atoms with Gasteiger partial charge in [0.1, 0.15) is 12.4 Å². The molecule has 5 heteroatoms. The molecule has 1 aromatic carbocycles. The van der Waals surface area contributed by atoms with Gasteiger partial charge < -0.3 is 9.64 Å². The minimum absolute atomic E-state index is 0.176. The summed E-state index contributed by atoms with van der Waals surface area (Å²) < 4.78 is 5.67. The van der Waals surface area contributed by atoms with Crippen LogP contribution in [0, 0.1) is 0 Å². The maximum Gasteiger partial charge on any atom is 0.325 e. The molecule has 4 nitrogen and oxygen atoms in total. The molecule has 0 saturated heterocycles. The standard InChI is InChI=1S/C13H13BrN2O2/c1-16(8-12(17)18-2)13-10-4-3-5-11(14)9(10)6-7-15-13/h3-7H,8H2,1-2H3. The molecular formula is C13H13BrN2O2. The van der Waals surface area contributed by atoms with Crippen molar-refractivity contribution in [2.24, 2.45) is 0 Å². The molecule has 0 amide bonds. The lowest BCUT2D eigenvalue weighted by atomic mass is 10.1. The largest absolute Gasteiger partial charge is 0.468 e. The van der Waals surface area contributed by atoms with Gasteiger partial charge in [-0.2, -0.15) is 0 Å². The lowest BCUT2D eigenvalue weighted by Crippen LogP contribution is -2.27. The van der Waals surface area contributed by atoms with Crippen LogP contribution in [0.2, 0.25) is 0 Å². The SMILES string of the molecule is COC(=O)CN(C)c1nccc2c(Br)cccc12. The van der Waals surface area contributed by atoms with E-state index in [0.29, 0.717) is 0 Å². The summed E-state index contributed by atoms with van der Waals surface area (Å²) in [5, 5.41) is 2.07. The minimum atomic E-state index is -0.286. The Hall–Kier alpha value is -1.62. The summed E-state index contributed by atoms with van der Waals surface area (Å²) in [4.78, 5) is 17.4. The second-order valence-electron chi connectivity index (χ2n) is 3.90. The van der Waals surface area contributed by atoms with E-state index in [-0.39, 0.29) is 12.5 Å². The van der Waals surface area contributed by atoms with Gasteiger partial charge >= 0.3 is 5.97 Å². The van der Waals surface area contributed by atoms with Gasteiger partial charge in [0.15, 0.2) is 0 Å². The third kappa shape index (κ3) is 2.46. The molecule has 0 aliphatic heterocycles. The minimum Gasteiger partial charge on any atom is -0.468 e. The highest BCUT2D eigenvalue weighted by molar-refractivity contribution is 9.10. The van der Waals surface area contributed by atoms with E-state index in [4.69, 9.17) is 0 Å². The Bertz CT molecular complexity index is 586. The number of aromatic nitrogens is 1. The van der Waals surface area contributed by atoms with E-state index >= 15 is 0 Å². The zero-order chi connectivity index (χ0) is 13.1. The number of carbonyl (C=O) groups excluding carboxylic acids is 1. The first-order valence-corrected chi connectivity index (χ1v) is 6.24. The second kappa shape index (κ2) is 5.35. The Labute approximate surface area is 114 Å². The molecular weight excluding hydrogens is 296 g/mol. The van der Waals surface area contributed by atoms with E-state index in [1.807, 2.05) is 31.3 Å². The number of rotatable bonds is 3. The van der Waals surface area contributed by atoms with Crippen LogP contribution < -0.4 is 4.90 Å². The summed E-state index contributed by atoms with van der Waals surface area (Å²) in [6, 6.07) is 7.85. The molecule has 0 aliphatic rings. The monoisotopic (exact) mass is 308 g/mol. The fourth-order valence-corrected chi connectivity index (χ4v) is 2.29. The molecule has 2 aromatic rings. The Morgan fingerprint density at radius 3 is 2.89 bits per heavy atom. The van der Waals surface area contributed by atoms with Gasteiger partial charge in [-0.15, -0.1) is 0 Å². The summed E-state index contributed by atoms with van der Waals surface area (Å²) in [7, 11) is 3.20. The molecule has 0 aliphatic carbocycles. The Morgan fingerprint density at radius 1 is 1.39 bits per heavy atom.